The minimum absolute atomic E-state index is 0.153. The van der Waals surface area contributed by atoms with Gasteiger partial charge in [0.15, 0.2) is 0 Å². The Morgan fingerprint density at radius 2 is 1.75 bits per heavy atom. The maximum Gasteiger partial charge on any atom is 0.409 e. The van der Waals surface area contributed by atoms with Gasteiger partial charge in [-0.1, -0.05) is 30.3 Å². The van der Waals surface area contributed by atoms with Gasteiger partial charge in [-0.3, -0.25) is 4.79 Å². The molecule has 0 radical (unpaired) electrons. The predicted molar refractivity (Wildman–Crippen MR) is 105 cm³/mol. The molecule has 0 spiro atoms. The molecule has 1 saturated heterocycles. The maximum atomic E-state index is 12.8. The number of hydrogen-bond donors (Lipinski definition) is 0. The second kappa shape index (κ2) is 9.16. The number of rotatable bonds is 5. The van der Waals surface area contributed by atoms with E-state index in [0.29, 0.717) is 51.0 Å². The van der Waals surface area contributed by atoms with E-state index in [2.05, 4.69) is 9.97 Å². The van der Waals surface area contributed by atoms with Crippen molar-refractivity contribution in [3.8, 4) is 0 Å². The van der Waals surface area contributed by atoms with Gasteiger partial charge in [-0.05, 0) is 18.6 Å². The number of anilines is 1. The van der Waals surface area contributed by atoms with Gasteiger partial charge < -0.3 is 19.4 Å². The van der Waals surface area contributed by atoms with Crippen molar-refractivity contribution in [2.24, 2.45) is 0 Å². The van der Waals surface area contributed by atoms with Crippen LogP contribution in [-0.4, -0.2) is 71.6 Å². The van der Waals surface area contributed by atoms with Crippen LogP contribution in [0.15, 0.2) is 42.6 Å². The van der Waals surface area contributed by atoms with Crippen LogP contribution in [0.5, 0.6) is 0 Å². The monoisotopic (exact) mass is 383 g/mol. The third-order valence-electron chi connectivity index (χ3n) is 4.56. The van der Waals surface area contributed by atoms with Gasteiger partial charge in [0.25, 0.3) is 5.91 Å². The van der Waals surface area contributed by atoms with Crippen molar-refractivity contribution in [3.63, 3.8) is 0 Å². The van der Waals surface area contributed by atoms with Gasteiger partial charge in [-0.2, -0.15) is 0 Å². The molecule has 8 heteroatoms. The van der Waals surface area contributed by atoms with Crippen molar-refractivity contribution >= 4 is 17.9 Å². The highest BCUT2D eigenvalue weighted by atomic mass is 16.6. The first-order valence-electron chi connectivity index (χ1n) is 9.37. The first-order valence-corrected chi connectivity index (χ1v) is 9.37. The molecule has 0 bridgehead atoms. The van der Waals surface area contributed by atoms with Crippen LogP contribution in [-0.2, 0) is 11.3 Å². The molecule has 1 aromatic carbocycles. The summed E-state index contributed by atoms with van der Waals surface area (Å²) >= 11 is 0. The maximum absolute atomic E-state index is 12.8. The standard InChI is InChI=1S/C20H25N5O3/c1-3-28-20(27)25-13-11-24(12-14-25)18(26)17-9-10-21-19(22-17)23(2)15-16-7-5-4-6-8-16/h4-10H,3,11-15H2,1-2H3. The molecule has 0 unspecified atom stereocenters. The Kier molecular flexibility index (Phi) is 6.41. The van der Waals surface area contributed by atoms with Gasteiger partial charge in [0, 0.05) is 46.0 Å². The summed E-state index contributed by atoms with van der Waals surface area (Å²) in [5, 5.41) is 0. The number of amides is 2. The second-order valence-electron chi connectivity index (χ2n) is 6.56. The lowest BCUT2D eigenvalue weighted by molar-refractivity contribution is 0.0566. The van der Waals surface area contributed by atoms with Crippen molar-refractivity contribution in [1.82, 2.24) is 19.8 Å². The summed E-state index contributed by atoms with van der Waals surface area (Å²) in [4.78, 5) is 38.6. The van der Waals surface area contributed by atoms with Crippen LogP contribution in [0.4, 0.5) is 10.7 Å². The predicted octanol–water partition coefficient (Wildman–Crippen LogP) is 2.03. The molecule has 1 aliphatic rings. The minimum atomic E-state index is -0.332. The van der Waals surface area contributed by atoms with Crippen LogP contribution in [0.2, 0.25) is 0 Å². The highest BCUT2D eigenvalue weighted by Crippen LogP contribution is 2.13. The normalized spacial score (nSPS) is 13.9. The lowest BCUT2D eigenvalue weighted by atomic mass is 10.2. The van der Waals surface area contributed by atoms with Crippen LogP contribution in [0, 0.1) is 0 Å². The number of carbonyl (C=O) groups is 2. The Bertz CT molecular complexity index is 806. The van der Waals surface area contributed by atoms with Gasteiger partial charge in [0.1, 0.15) is 5.69 Å². The molecule has 1 aromatic heterocycles. The number of hydrogen-bond acceptors (Lipinski definition) is 6. The topological polar surface area (TPSA) is 78.9 Å². The average Bonchev–Trinajstić information content (AvgIpc) is 2.74. The average molecular weight is 383 g/mol. The van der Waals surface area contributed by atoms with Crippen LogP contribution >= 0.6 is 0 Å². The Labute approximate surface area is 164 Å². The zero-order valence-corrected chi connectivity index (χ0v) is 16.2. The number of ether oxygens (including phenoxy) is 1. The first kappa shape index (κ1) is 19.6. The van der Waals surface area contributed by atoms with E-state index >= 15 is 0 Å². The van der Waals surface area contributed by atoms with Gasteiger partial charge in [-0.15, -0.1) is 0 Å². The van der Waals surface area contributed by atoms with Gasteiger partial charge in [0.05, 0.1) is 6.61 Å². The van der Waals surface area contributed by atoms with E-state index in [9.17, 15) is 9.59 Å². The lowest BCUT2D eigenvalue weighted by Gasteiger charge is -2.33. The van der Waals surface area contributed by atoms with Crippen LogP contribution in [0.25, 0.3) is 0 Å². The van der Waals surface area contributed by atoms with E-state index in [-0.39, 0.29) is 12.0 Å². The minimum Gasteiger partial charge on any atom is -0.450 e. The highest BCUT2D eigenvalue weighted by molar-refractivity contribution is 5.92. The fourth-order valence-electron chi connectivity index (χ4n) is 3.05. The molecule has 3 rings (SSSR count). The summed E-state index contributed by atoms with van der Waals surface area (Å²) < 4.78 is 5.01. The van der Waals surface area contributed by atoms with Gasteiger partial charge in [0.2, 0.25) is 5.95 Å². The Morgan fingerprint density at radius 1 is 1.07 bits per heavy atom. The summed E-state index contributed by atoms with van der Waals surface area (Å²) in [6.07, 6.45) is 1.27. The molecule has 1 aliphatic heterocycles. The van der Waals surface area contributed by atoms with Crippen molar-refractivity contribution in [1.29, 1.82) is 0 Å². The molecule has 8 nitrogen and oxygen atoms in total. The van der Waals surface area contributed by atoms with Gasteiger partial charge >= 0.3 is 6.09 Å². The van der Waals surface area contributed by atoms with E-state index in [4.69, 9.17) is 4.74 Å². The number of nitrogens with zero attached hydrogens (tertiary/aromatic N) is 5. The number of piperazine rings is 1. The lowest BCUT2D eigenvalue weighted by Crippen LogP contribution is -2.50. The zero-order chi connectivity index (χ0) is 19.9. The van der Waals surface area contributed by atoms with E-state index in [1.54, 1.807) is 29.0 Å². The Morgan fingerprint density at radius 3 is 2.43 bits per heavy atom. The molecule has 2 amide bonds. The molecule has 0 N–H and O–H groups in total. The summed E-state index contributed by atoms with van der Waals surface area (Å²) in [6.45, 7) is 4.59. The molecule has 148 valence electrons. The van der Waals surface area contributed by atoms with E-state index < -0.39 is 0 Å². The summed E-state index contributed by atoms with van der Waals surface area (Å²) in [6, 6.07) is 11.6. The summed E-state index contributed by atoms with van der Waals surface area (Å²) in [5.74, 6) is 0.347. The number of benzene rings is 1. The van der Waals surface area contributed by atoms with Gasteiger partial charge in [-0.25, -0.2) is 14.8 Å². The largest absolute Gasteiger partial charge is 0.450 e. The smallest absolute Gasteiger partial charge is 0.409 e. The molecule has 28 heavy (non-hydrogen) atoms. The Balaban J connectivity index is 1.62. The molecule has 0 atom stereocenters. The molecular formula is C20H25N5O3. The summed E-state index contributed by atoms with van der Waals surface area (Å²) in [5.41, 5.74) is 1.50. The fourth-order valence-corrected chi connectivity index (χ4v) is 3.05. The fraction of sp³-hybridized carbons (Fsp3) is 0.400. The quantitative estimate of drug-likeness (QED) is 0.786. The van der Waals surface area contributed by atoms with Crippen molar-refractivity contribution in [2.45, 2.75) is 13.5 Å². The van der Waals surface area contributed by atoms with Crippen molar-refractivity contribution < 1.29 is 14.3 Å². The summed E-state index contributed by atoms with van der Waals surface area (Å²) in [7, 11) is 1.90. The Hall–Kier alpha value is -3.16. The third-order valence-corrected chi connectivity index (χ3v) is 4.56. The number of carbonyl (C=O) groups excluding carboxylic acids is 2. The molecular weight excluding hydrogens is 358 g/mol. The van der Waals surface area contributed by atoms with E-state index in [1.165, 1.54) is 0 Å². The molecule has 0 aliphatic carbocycles. The second-order valence-corrected chi connectivity index (χ2v) is 6.56. The number of aromatic nitrogens is 2. The van der Waals surface area contributed by atoms with Crippen LogP contribution < -0.4 is 4.90 Å². The van der Waals surface area contributed by atoms with Crippen molar-refractivity contribution in [2.75, 3.05) is 44.7 Å². The molecule has 1 fully saturated rings. The molecule has 0 saturated carbocycles. The molecule has 2 aromatic rings. The SMILES string of the molecule is CCOC(=O)N1CCN(C(=O)c2ccnc(N(C)Cc3ccccc3)n2)CC1. The van der Waals surface area contributed by atoms with E-state index in [1.807, 2.05) is 42.3 Å². The van der Waals surface area contributed by atoms with Crippen LogP contribution in [0.3, 0.4) is 0 Å². The molecule has 2 heterocycles. The van der Waals surface area contributed by atoms with Crippen molar-refractivity contribution in [3.05, 3.63) is 53.9 Å². The van der Waals surface area contributed by atoms with E-state index in [0.717, 1.165) is 5.56 Å². The third kappa shape index (κ3) is 4.76. The van der Waals surface area contributed by atoms with Crippen LogP contribution in [0.1, 0.15) is 23.0 Å². The zero-order valence-electron chi connectivity index (χ0n) is 16.2. The first-order chi connectivity index (χ1) is 13.6. The highest BCUT2D eigenvalue weighted by Gasteiger charge is 2.26.